The van der Waals surface area contributed by atoms with E-state index in [1.54, 1.807) is 12.1 Å². The maximum absolute atomic E-state index is 12.6. The smallest absolute Gasteiger partial charge is 0.220 e. The molecule has 0 spiro atoms. The summed E-state index contributed by atoms with van der Waals surface area (Å²) in [7, 11) is 1.84. The zero-order valence-corrected chi connectivity index (χ0v) is 9.42. The average molecular weight is 224 g/mol. The van der Waals surface area contributed by atoms with Gasteiger partial charge >= 0.3 is 0 Å². The van der Waals surface area contributed by atoms with Gasteiger partial charge in [-0.25, -0.2) is 4.39 Å². The second-order valence-electron chi connectivity index (χ2n) is 3.58. The topological polar surface area (TPSA) is 41.1 Å². The van der Waals surface area contributed by atoms with E-state index < -0.39 is 0 Å². The third-order valence-electron chi connectivity index (χ3n) is 2.25. The second kappa shape index (κ2) is 6.95. The van der Waals surface area contributed by atoms with Gasteiger partial charge in [0.1, 0.15) is 5.82 Å². The molecule has 1 rings (SSSR count). The monoisotopic (exact) mass is 224 g/mol. The van der Waals surface area contributed by atoms with Crippen LogP contribution in [0.1, 0.15) is 12.0 Å². The highest BCUT2D eigenvalue weighted by atomic mass is 19.1. The van der Waals surface area contributed by atoms with Crippen LogP contribution in [0, 0.1) is 5.82 Å². The van der Waals surface area contributed by atoms with Gasteiger partial charge in [-0.2, -0.15) is 0 Å². The molecule has 0 saturated heterocycles. The fourth-order valence-corrected chi connectivity index (χ4v) is 1.32. The molecule has 2 N–H and O–H groups in total. The molecular weight excluding hydrogens is 207 g/mol. The maximum atomic E-state index is 12.6. The van der Waals surface area contributed by atoms with Gasteiger partial charge in [-0.3, -0.25) is 4.79 Å². The van der Waals surface area contributed by atoms with Gasteiger partial charge in [0, 0.05) is 19.5 Å². The Hall–Kier alpha value is -1.42. The molecule has 88 valence electrons. The van der Waals surface area contributed by atoms with Gasteiger partial charge in [0.25, 0.3) is 0 Å². The number of likely N-dealkylation sites (N-methyl/N-ethyl adjacent to an activating group) is 1. The van der Waals surface area contributed by atoms with E-state index in [2.05, 4.69) is 10.6 Å². The van der Waals surface area contributed by atoms with E-state index in [9.17, 15) is 9.18 Å². The highest BCUT2D eigenvalue weighted by molar-refractivity contribution is 5.76. The molecule has 4 heteroatoms. The van der Waals surface area contributed by atoms with Crippen molar-refractivity contribution >= 4 is 5.91 Å². The third kappa shape index (κ3) is 4.89. The van der Waals surface area contributed by atoms with Crippen molar-refractivity contribution in [2.24, 2.45) is 0 Å². The van der Waals surface area contributed by atoms with Crippen molar-refractivity contribution in [3.63, 3.8) is 0 Å². The molecule has 0 bridgehead atoms. The average Bonchev–Trinajstić information content (AvgIpc) is 2.29. The number of nitrogens with one attached hydrogen (secondary N) is 2. The fourth-order valence-electron chi connectivity index (χ4n) is 1.32. The lowest BCUT2D eigenvalue weighted by Crippen LogP contribution is -2.30. The van der Waals surface area contributed by atoms with E-state index in [-0.39, 0.29) is 11.7 Å². The van der Waals surface area contributed by atoms with Crippen molar-refractivity contribution in [1.82, 2.24) is 10.6 Å². The van der Waals surface area contributed by atoms with E-state index in [1.165, 1.54) is 12.1 Å². The van der Waals surface area contributed by atoms with Crippen LogP contribution in [0.5, 0.6) is 0 Å². The molecule has 3 nitrogen and oxygen atoms in total. The van der Waals surface area contributed by atoms with Crippen LogP contribution in [0.3, 0.4) is 0 Å². The van der Waals surface area contributed by atoms with E-state index in [0.29, 0.717) is 19.4 Å². The lowest BCUT2D eigenvalue weighted by Gasteiger charge is -2.04. The minimum atomic E-state index is -0.248. The Balaban J connectivity index is 2.23. The standard InChI is InChI=1S/C12H17FN2O/c1-14-8-9-15-12(16)7-4-10-2-5-11(13)6-3-10/h2-3,5-6,14H,4,7-9H2,1H3,(H,15,16). The molecule has 1 amide bonds. The summed E-state index contributed by atoms with van der Waals surface area (Å²) >= 11 is 0. The molecule has 0 heterocycles. The summed E-state index contributed by atoms with van der Waals surface area (Å²) in [4.78, 5) is 11.3. The molecular formula is C12H17FN2O. The van der Waals surface area contributed by atoms with Crippen LogP contribution in [0.4, 0.5) is 4.39 Å². The normalized spacial score (nSPS) is 10.1. The first-order valence-electron chi connectivity index (χ1n) is 5.38. The highest BCUT2D eigenvalue weighted by Crippen LogP contribution is 2.05. The predicted molar refractivity (Wildman–Crippen MR) is 61.7 cm³/mol. The second-order valence-corrected chi connectivity index (χ2v) is 3.58. The Morgan fingerprint density at radius 2 is 1.94 bits per heavy atom. The molecule has 0 atom stereocenters. The van der Waals surface area contributed by atoms with Gasteiger partial charge in [-0.05, 0) is 31.2 Å². The Kier molecular flexibility index (Phi) is 5.50. The Labute approximate surface area is 95.0 Å². The molecule has 0 saturated carbocycles. The van der Waals surface area contributed by atoms with Gasteiger partial charge < -0.3 is 10.6 Å². The van der Waals surface area contributed by atoms with Crippen molar-refractivity contribution in [2.45, 2.75) is 12.8 Å². The summed E-state index contributed by atoms with van der Waals surface area (Å²) in [6.45, 7) is 1.40. The number of rotatable bonds is 6. The Morgan fingerprint density at radius 1 is 1.25 bits per heavy atom. The molecule has 0 aliphatic rings. The van der Waals surface area contributed by atoms with Crippen molar-refractivity contribution in [3.05, 3.63) is 35.6 Å². The quantitative estimate of drug-likeness (QED) is 0.710. The summed E-state index contributed by atoms with van der Waals surface area (Å²) in [5, 5.41) is 5.74. The van der Waals surface area contributed by atoms with Crippen LogP contribution in [-0.4, -0.2) is 26.0 Å². The minimum Gasteiger partial charge on any atom is -0.355 e. The van der Waals surface area contributed by atoms with Crippen molar-refractivity contribution in [2.75, 3.05) is 20.1 Å². The molecule has 0 aliphatic carbocycles. The van der Waals surface area contributed by atoms with Gasteiger partial charge in [0.2, 0.25) is 5.91 Å². The molecule has 0 unspecified atom stereocenters. The van der Waals surface area contributed by atoms with E-state index in [4.69, 9.17) is 0 Å². The molecule has 0 aliphatic heterocycles. The van der Waals surface area contributed by atoms with Gasteiger partial charge in [0.15, 0.2) is 0 Å². The lowest BCUT2D eigenvalue weighted by atomic mass is 10.1. The Bertz CT molecular complexity index is 324. The fraction of sp³-hybridized carbons (Fsp3) is 0.417. The first-order chi connectivity index (χ1) is 7.72. The summed E-state index contributed by atoms with van der Waals surface area (Å²) < 4.78 is 12.6. The van der Waals surface area contributed by atoms with Crippen LogP contribution < -0.4 is 10.6 Å². The number of halogens is 1. The van der Waals surface area contributed by atoms with Gasteiger partial charge in [-0.15, -0.1) is 0 Å². The maximum Gasteiger partial charge on any atom is 0.220 e. The van der Waals surface area contributed by atoms with Crippen LogP contribution >= 0.6 is 0 Å². The summed E-state index contributed by atoms with van der Waals surface area (Å²) in [5.41, 5.74) is 0.977. The largest absolute Gasteiger partial charge is 0.355 e. The number of carbonyl (C=O) groups is 1. The zero-order chi connectivity index (χ0) is 11.8. The molecule has 0 radical (unpaired) electrons. The highest BCUT2D eigenvalue weighted by Gasteiger charge is 2.01. The number of benzene rings is 1. The SMILES string of the molecule is CNCCNC(=O)CCc1ccc(F)cc1. The summed E-state index contributed by atoms with van der Waals surface area (Å²) in [6, 6.07) is 6.23. The lowest BCUT2D eigenvalue weighted by molar-refractivity contribution is -0.121. The first kappa shape index (κ1) is 12.6. The van der Waals surface area contributed by atoms with E-state index in [0.717, 1.165) is 12.1 Å². The Morgan fingerprint density at radius 3 is 2.56 bits per heavy atom. The first-order valence-corrected chi connectivity index (χ1v) is 5.38. The number of aryl methyl sites for hydroxylation is 1. The summed E-state index contributed by atoms with van der Waals surface area (Å²) in [6.07, 6.45) is 1.08. The third-order valence-corrected chi connectivity index (χ3v) is 2.25. The molecule has 1 aromatic carbocycles. The minimum absolute atomic E-state index is 0.0274. The number of carbonyl (C=O) groups excluding carboxylic acids is 1. The van der Waals surface area contributed by atoms with Crippen molar-refractivity contribution in [1.29, 1.82) is 0 Å². The van der Waals surface area contributed by atoms with Crippen molar-refractivity contribution < 1.29 is 9.18 Å². The summed E-state index contributed by atoms with van der Waals surface area (Å²) in [5.74, 6) is -0.221. The molecule has 0 aromatic heterocycles. The van der Waals surface area contributed by atoms with Gasteiger partial charge in [0.05, 0.1) is 0 Å². The molecule has 16 heavy (non-hydrogen) atoms. The van der Waals surface area contributed by atoms with E-state index in [1.807, 2.05) is 7.05 Å². The number of hydrogen-bond acceptors (Lipinski definition) is 2. The zero-order valence-electron chi connectivity index (χ0n) is 9.42. The van der Waals surface area contributed by atoms with Crippen LogP contribution in [0.15, 0.2) is 24.3 Å². The van der Waals surface area contributed by atoms with Crippen LogP contribution in [0.25, 0.3) is 0 Å². The van der Waals surface area contributed by atoms with Gasteiger partial charge in [-0.1, -0.05) is 12.1 Å². The van der Waals surface area contributed by atoms with Crippen LogP contribution in [0.2, 0.25) is 0 Å². The predicted octanol–water partition coefficient (Wildman–Crippen LogP) is 1.09. The molecule has 1 aromatic rings. The number of hydrogen-bond donors (Lipinski definition) is 2. The molecule has 0 fully saturated rings. The van der Waals surface area contributed by atoms with E-state index >= 15 is 0 Å². The van der Waals surface area contributed by atoms with Crippen molar-refractivity contribution in [3.8, 4) is 0 Å². The number of amides is 1. The van der Waals surface area contributed by atoms with Crippen LogP contribution in [-0.2, 0) is 11.2 Å².